The normalized spacial score (nSPS) is 16.2. The average molecular weight is 433 g/mol. The van der Waals surface area contributed by atoms with Crippen molar-refractivity contribution < 1.29 is 4.79 Å². The second-order valence-electron chi connectivity index (χ2n) is 7.97. The van der Waals surface area contributed by atoms with Gasteiger partial charge in [0.25, 0.3) is 0 Å². The van der Waals surface area contributed by atoms with Gasteiger partial charge in [-0.2, -0.15) is 0 Å². The van der Waals surface area contributed by atoms with Crippen LogP contribution in [0.2, 0.25) is 0 Å². The largest absolute Gasteiger partial charge is 0.396 e. The smallest absolute Gasteiger partial charge is 0.323 e. The molecule has 2 aliphatic heterocycles. The van der Waals surface area contributed by atoms with Gasteiger partial charge in [0.15, 0.2) is 5.82 Å². The van der Waals surface area contributed by atoms with Gasteiger partial charge in [-0.1, -0.05) is 12.1 Å². The molecule has 5 rings (SSSR count). The number of nitrogen functional groups attached to an aromatic ring is 1. The molecule has 2 amide bonds. The summed E-state index contributed by atoms with van der Waals surface area (Å²) in [6.45, 7) is 3.02. The molecule has 31 heavy (non-hydrogen) atoms. The molecular formula is C23H24N6OS. The molecule has 3 aromatic rings. The van der Waals surface area contributed by atoms with Gasteiger partial charge >= 0.3 is 6.03 Å². The van der Waals surface area contributed by atoms with Crippen LogP contribution >= 0.6 is 11.3 Å². The molecule has 0 aromatic carbocycles. The van der Waals surface area contributed by atoms with Crippen molar-refractivity contribution in [3.8, 4) is 10.6 Å². The Hall–Kier alpha value is -3.23. The fourth-order valence-corrected chi connectivity index (χ4v) is 4.62. The van der Waals surface area contributed by atoms with Crippen molar-refractivity contribution in [1.29, 1.82) is 0 Å². The summed E-state index contributed by atoms with van der Waals surface area (Å²) in [5.74, 6) is 0.386. The first kappa shape index (κ1) is 19.7. The third-order valence-corrected chi connectivity index (χ3v) is 6.65. The third-order valence-electron chi connectivity index (χ3n) is 5.76. The minimum atomic E-state index is -0.222. The molecule has 3 aromatic heterocycles. The van der Waals surface area contributed by atoms with Crippen molar-refractivity contribution in [3.63, 3.8) is 0 Å². The van der Waals surface area contributed by atoms with Gasteiger partial charge < -0.3 is 15.5 Å². The minimum absolute atomic E-state index is 0.222. The Morgan fingerprint density at radius 1 is 1.26 bits per heavy atom. The molecule has 0 aliphatic carbocycles. The first-order valence-electron chi connectivity index (χ1n) is 10.3. The molecule has 8 heteroatoms. The molecule has 3 N–H and O–H groups in total. The van der Waals surface area contributed by atoms with Crippen LogP contribution in [0.3, 0.4) is 0 Å². The van der Waals surface area contributed by atoms with Crippen LogP contribution in [0.1, 0.15) is 23.2 Å². The number of nitrogens with zero attached hydrogens (tertiary/aromatic N) is 4. The van der Waals surface area contributed by atoms with E-state index in [1.165, 1.54) is 5.57 Å². The number of carbonyl (C=O) groups excluding carboxylic acids is 1. The number of aromatic nitrogens is 2. The zero-order valence-electron chi connectivity index (χ0n) is 17.3. The van der Waals surface area contributed by atoms with Crippen molar-refractivity contribution in [3.05, 3.63) is 64.8 Å². The monoisotopic (exact) mass is 432 g/mol. The van der Waals surface area contributed by atoms with E-state index in [2.05, 4.69) is 39.4 Å². The number of rotatable bonds is 3. The molecule has 5 heterocycles. The Balaban J connectivity index is 1.30. The van der Waals surface area contributed by atoms with Crippen LogP contribution in [0.15, 0.2) is 48.0 Å². The van der Waals surface area contributed by atoms with E-state index in [1.807, 2.05) is 29.8 Å². The second kappa shape index (κ2) is 8.13. The summed E-state index contributed by atoms with van der Waals surface area (Å²) in [6, 6.07) is 9.57. The molecule has 0 unspecified atom stereocenters. The number of amides is 2. The van der Waals surface area contributed by atoms with Crippen LogP contribution in [0.4, 0.5) is 16.3 Å². The quantitative estimate of drug-likeness (QED) is 0.652. The maximum atomic E-state index is 12.9. The number of nitrogens with two attached hydrogens (primary N) is 1. The first-order chi connectivity index (χ1) is 15.1. The summed E-state index contributed by atoms with van der Waals surface area (Å²) in [6.07, 6.45) is 5.22. The number of urea groups is 1. The number of pyridine rings is 2. The van der Waals surface area contributed by atoms with Gasteiger partial charge in [0, 0.05) is 25.8 Å². The molecule has 0 fully saturated rings. The van der Waals surface area contributed by atoms with Crippen LogP contribution in [0, 0.1) is 0 Å². The topological polar surface area (TPSA) is 87.4 Å². The van der Waals surface area contributed by atoms with E-state index in [0.717, 1.165) is 46.9 Å². The molecule has 0 radical (unpaired) electrons. The highest BCUT2D eigenvalue weighted by atomic mass is 32.1. The molecule has 0 bridgehead atoms. The summed E-state index contributed by atoms with van der Waals surface area (Å²) in [7, 11) is 2.13. The molecule has 0 saturated carbocycles. The van der Waals surface area contributed by atoms with Gasteiger partial charge in [0.1, 0.15) is 0 Å². The maximum Gasteiger partial charge on any atom is 0.323 e. The van der Waals surface area contributed by atoms with Gasteiger partial charge in [-0.25, -0.2) is 9.78 Å². The third kappa shape index (κ3) is 4.04. The summed E-state index contributed by atoms with van der Waals surface area (Å²) >= 11 is 1.60. The van der Waals surface area contributed by atoms with Crippen molar-refractivity contribution in [2.45, 2.75) is 19.5 Å². The van der Waals surface area contributed by atoms with Gasteiger partial charge in [0.05, 0.1) is 28.5 Å². The van der Waals surface area contributed by atoms with Crippen molar-refractivity contribution in [1.82, 2.24) is 19.8 Å². The van der Waals surface area contributed by atoms with Gasteiger partial charge in [-0.3, -0.25) is 10.3 Å². The summed E-state index contributed by atoms with van der Waals surface area (Å²) in [4.78, 5) is 27.2. The predicted octanol–water partition coefficient (Wildman–Crippen LogP) is 4.05. The van der Waals surface area contributed by atoms with E-state index in [9.17, 15) is 4.79 Å². The lowest BCUT2D eigenvalue weighted by Crippen LogP contribution is -2.31. The zero-order valence-corrected chi connectivity index (χ0v) is 18.2. The van der Waals surface area contributed by atoms with Crippen LogP contribution in [0.5, 0.6) is 0 Å². The predicted molar refractivity (Wildman–Crippen MR) is 125 cm³/mol. The van der Waals surface area contributed by atoms with Crippen LogP contribution in [-0.2, 0) is 13.1 Å². The van der Waals surface area contributed by atoms with Crippen molar-refractivity contribution in [2.24, 2.45) is 0 Å². The van der Waals surface area contributed by atoms with E-state index >= 15 is 0 Å². The van der Waals surface area contributed by atoms with E-state index < -0.39 is 0 Å². The highest BCUT2D eigenvalue weighted by molar-refractivity contribution is 7.13. The lowest BCUT2D eigenvalue weighted by Gasteiger charge is -2.22. The van der Waals surface area contributed by atoms with Gasteiger partial charge in [-0.05, 0) is 59.8 Å². The fourth-order valence-electron chi connectivity index (χ4n) is 3.92. The number of nitrogens with one attached hydrogen (secondary N) is 1. The second-order valence-corrected chi connectivity index (χ2v) is 8.92. The number of thiophene rings is 1. The Morgan fingerprint density at radius 3 is 2.94 bits per heavy atom. The Kier molecular flexibility index (Phi) is 5.17. The van der Waals surface area contributed by atoms with Crippen molar-refractivity contribution >= 4 is 34.4 Å². The Bertz CT molecular complexity index is 1160. The number of hydrogen-bond acceptors (Lipinski definition) is 6. The lowest BCUT2D eigenvalue weighted by atomic mass is 9.99. The van der Waals surface area contributed by atoms with E-state index in [4.69, 9.17) is 5.73 Å². The van der Waals surface area contributed by atoms with Crippen LogP contribution in [0.25, 0.3) is 16.1 Å². The summed E-state index contributed by atoms with van der Waals surface area (Å²) < 4.78 is 0. The molecular weight excluding hydrogens is 408 g/mol. The number of likely N-dealkylation sites (N-methyl/N-ethyl adjacent to an activating group) is 1. The molecule has 0 spiro atoms. The number of hydrogen-bond donors (Lipinski definition) is 2. The number of fused-ring (bicyclic) bond motifs is 1. The SMILES string of the molecule is CN1CC=C(c2cnc3c(c2)CN(C(=O)Nc2nc(-c4cccs4)ccc2N)C3)CC1. The minimum Gasteiger partial charge on any atom is -0.396 e. The Labute approximate surface area is 185 Å². The van der Waals surface area contributed by atoms with Crippen molar-refractivity contribution in [2.75, 3.05) is 31.2 Å². The Morgan fingerprint density at radius 2 is 2.16 bits per heavy atom. The molecule has 7 nitrogen and oxygen atoms in total. The molecule has 0 atom stereocenters. The summed E-state index contributed by atoms with van der Waals surface area (Å²) in [5, 5.41) is 4.88. The molecule has 0 saturated heterocycles. The maximum absolute atomic E-state index is 12.9. The van der Waals surface area contributed by atoms with Crippen LogP contribution < -0.4 is 11.1 Å². The van der Waals surface area contributed by atoms with E-state index in [-0.39, 0.29) is 6.03 Å². The number of carbonyl (C=O) groups is 1. The summed E-state index contributed by atoms with van der Waals surface area (Å²) in [5.41, 5.74) is 11.8. The highest BCUT2D eigenvalue weighted by Gasteiger charge is 2.26. The zero-order chi connectivity index (χ0) is 21.4. The lowest BCUT2D eigenvalue weighted by molar-refractivity contribution is 0.212. The standard InChI is InChI=1S/C23H24N6OS/c1-28-8-6-15(7-9-28)16-11-17-13-29(14-20(17)25-12-16)23(30)27-22-18(24)4-5-19(26-22)21-3-2-10-31-21/h2-6,10-12H,7-9,13-14,24H2,1H3,(H,26,27,30). The van der Waals surface area contributed by atoms with Crippen LogP contribution in [-0.4, -0.2) is 45.9 Å². The first-order valence-corrected chi connectivity index (χ1v) is 11.2. The van der Waals surface area contributed by atoms with Gasteiger partial charge in [-0.15, -0.1) is 11.3 Å². The highest BCUT2D eigenvalue weighted by Crippen LogP contribution is 2.29. The number of anilines is 2. The van der Waals surface area contributed by atoms with E-state index in [1.54, 1.807) is 22.3 Å². The molecule has 2 aliphatic rings. The molecule has 158 valence electrons. The van der Waals surface area contributed by atoms with E-state index in [0.29, 0.717) is 24.6 Å². The average Bonchev–Trinajstić information content (AvgIpc) is 3.45. The van der Waals surface area contributed by atoms with Gasteiger partial charge in [0.2, 0.25) is 0 Å². The fraction of sp³-hybridized carbons (Fsp3) is 0.261.